The SMILES string of the molecule is CCc1nn(C)c(COc2cc(N)ccc2Br)c1Br. The molecular formula is C13H15Br2N3O. The summed E-state index contributed by atoms with van der Waals surface area (Å²) in [6.07, 6.45) is 0.885. The van der Waals surface area contributed by atoms with Gasteiger partial charge >= 0.3 is 0 Å². The van der Waals surface area contributed by atoms with E-state index in [0.717, 1.165) is 32.5 Å². The first-order valence-electron chi connectivity index (χ1n) is 5.91. The fourth-order valence-electron chi connectivity index (χ4n) is 1.75. The van der Waals surface area contributed by atoms with E-state index in [1.165, 1.54) is 0 Å². The number of ether oxygens (including phenoxy) is 1. The van der Waals surface area contributed by atoms with Crippen molar-refractivity contribution in [3.05, 3.63) is 38.5 Å². The molecule has 1 aromatic carbocycles. The third-order valence-electron chi connectivity index (χ3n) is 2.82. The van der Waals surface area contributed by atoms with Gasteiger partial charge in [-0.1, -0.05) is 6.92 Å². The van der Waals surface area contributed by atoms with Crippen LogP contribution in [0.25, 0.3) is 0 Å². The second kappa shape index (κ2) is 5.96. The fourth-order valence-corrected chi connectivity index (χ4v) is 2.85. The number of halogens is 2. The summed E-state index contributed by atoms with van der Waals surface area (Å²) >= 11 is 7.01. The molecule has 19 heavy (non-hydrogen) atoms. The van der Waals surface area contributed by atoms with E-state index in [1.54, 1.807) is 6.07 Å². The lowest BCUT2D eigenvalue weighted by molar-refractivity contribution is 0.292. The Balaban J connectivity index is 2.19. The molecule has 102 valence electrons. The van der Waals surface area contributed by atoms with Gasteiger partial charge in [0, 0.05) is 18.8 Å². The van der Waals surface area contributed by atoms with Crippen molar-refractivity contribution in [2.45, 2.75) is 20.0 Å². The predicted octanol–water partition coefficient (Wildman–Crippen LogP) is 3.67. The number of hydrogen-bond donors (Lipinski definition) is 1. The smallest absolute Gasteiger partial charge is 0.136 e. The number of hydrogen-bond acceptors (Lipinski definition) is 3. The van der Waals surface area contributed by atoms with E-state index >= 15 is 0 Å². The zero-order valence-corrected chi connectivity index (χ0v) is 14.0. The van der Waals surface area contributed by atoms with Gasteiger partial charge in [0.05, 0.1) is 20.3 Å². The summed E-state index contributed by atoms with van der Waals surface area (Å²) in [7, 11) is 1.91. The predicted molar refractivity (Wildman–Crippen MR) is 83.2 cm³/mol. The first-order chi connectivity index (χ1) is 9.02. The van der Waals surface area contributed by atoms with Crippen molar-refractivity contribution >= 4 is 37.5 Å². The Morgan fingerprint density at radius 2 is 2.11 bits per heavy atom. The number of aryl methyl sites for hydroxylation is 2. The molecule has 0 saturated heterocycles. The molecule has 0 bridgehead atoms. The van der Waals surface area contributed by atoms with Crippen LogP contribution >= 0.6 is 31.9 Å². The summed E-state index contributed by atoms with van der Waals surface area (Å²) in [6.45, 7) is 2.51. The number of aromatic nitrogens is 2. The van der Waals surface area contributed by atoms with Crippen molar-refractivity contribution in [2.75, 3.05) is 5.73 Å². The Bertz CT molecular complexity index is 596. The topological polar surface area (TPSA) is 53.1 Å². The van der Waals surface area contributed by atoms with E-state index in [2.05, 4.69) is 43.9 Å². The van der Waals surface area contributed by atoms with E-state index in [0.29, 0.717) is 12.3 Å². The molecule has 0 aliphatic carbocycles. The van der Waals surface area contributed by atoms with Crippen LogP contribution in [-0.2, 0) is 20.1 Å². The first kappa shape index (κ1) is 14.4. The molecule has 0 amide bonds. The molecule has 2 aromatic rings. The van der Waals surface area contributed by atoms with Gasteiger partial charge in [0.25, 0.3) is 0 Å². The van der Waals surface area contributed by atoms with Crippen molar-refractivity contribution in [3.8, 4) is 5.75 Å². The minimum Gasteiger partial charge on any atom is -0.486 e. The zero-order chi connectivity index (χ0) is 14.0. The fraction of sp³-hybridized carbons (Fsp3) is 0.308. The molecule has 4 nitrogen and oxygen atoms in total. The van der Waals surface area contributed by atoms with Gasteiger partial charge in [-0.15, -0.1) is 0 Å². The minimum atomic E-state index is 0.437. The molecule has 1 aromatic heterocycles. The van der Waals surface area contributed by atoms with Crippen molar-refractivity contribution in [1.29, 1.82) is 0 Å². The lowest BCUT2D eigenvalue weighted by atomic mass is 10.3. The van der Waals surface area contributed by atoms with Crippen molar-refractivity contribution in [1.82, 2.24) is 9.78 Å². The Morgan fingerprint density at radius 3 is 2.74 bits per heavy atom. The molecule has 0 spiro atoms. The molecule has 0 radical (unpaired) electrons. The van der Waals surface area contributed by atoms with E-state index in [-0.39, 0.29) is 0 Å². The zero-order valence-electron chi connectivity index (χ0n) is 10.8. The van der Waals surface area contributed by atoms with Gasteiger partial charge < -0.3 is 10.5 Å². The number of nitrogen functional groups attached to an aromatic ring is 1. The molecule has 0 atom stereocenters. The Hall–Kier alpha value is -1.01. The maximum Gasteiger partial charge on any atom is 0.136 e. The molecule has 0 fully saturated rings. The van der Waals surface area contributed by atoms with E-state index in [1.807, 2.05) is 23.9 Å². The van der Waals surface area contributed by atoms with Crippen molar-refractivity contribution in [3.63, 3.8) is 0 Å². The molecule has 2 rings (SSSR count). The Kier molecular flexibility index (Phi) is 4.52. The van der Waals surface area contributed by atoms with Crippen LogP contribution in [0.15, 0.2) is 27.1 Å². The van der Waals surface area contributed by atoms with Crippen LogP contribution in [0.3, 0.4) is 0 Å². The van der Waals surface area contributed by atoms with Gasteiger partial charge in [0.15, 0.2) is 0 Å². The van der Waals surface area contributed by atoms with Gasteiger partial charge in [0.1, 0.15) is 12.4 Å². The second-order valence-electron chi connectivity index (χ2n) is 4.16. The molecule has 1 heterocycles. The summed E-state index contributed by atoms with van der Waals surface area (Å²) in [5, 5.41) is 4.43. The average molecular weight is 389 g/mol. The standard InChI is InChI=1S/C13H15Br2N3O/c1-3-10-13(15)11(18(2)17-10)7-19-12-6-8(16)4-5-9(12)14/h4-6H,3,7,16H2,1-2H3. The number of rotatable bonds is 4. The molecule has 6 heteroatoms. The summed E-state index contributed by atoms with van der Waals surface area (Å²) in [6, 6.07) is 5.50. The second-order valence-corrected chi connectivity index (χ2v) is 5.81. The molecule has 0 aliphatic heterocycles. The number of anilines is 1. The average Bonchev–Trinajstić information content (AvgIpc) is 2.66. The molecule has 0 unspecified atom stereocenters. The number of benzene rings is 1. The highest BCUT2D eigenvalue weighted by atomic mass is 79.9. The van der Waals surface area contributed by atoms with Crippen molar-refractivity contribution < 1.29 is 4.74 Å². The first-order valence-corrected chi connectivity index (χ1v) is 7.49. The molecule has 0 saturated carbocycles. The quantitative estimate of drug-likeness (QED) is 0.813. The van der Waals surface area contributed by atoms with Crippen LogP contribution < -0.4 is 10.5 Å². The maximum atomic E-state index is 5.81. The third-order valence-corrected chi connectivity index (χ3v) is 4.39. The third kappa shape index (κ3) is 3.12. The summed E-state index contributed by atoms with van der Waals surface area (Å²) in [5.41, 5.74) is 8.47. The largest absolute Gasteiger partial charge is 0.486 e. The van der Waals surface area contributed by atoms with Crippen LogP contribution in [-0.4, -0.2) is 9.78 Å². The van der Waals surface area contributed by atoms with Crippen LogP contribution in [0.1, 0.15) is 18.3 Å². The van der Waals surface area contributed by atoms with Gasteiger partial charge in [-0.25, -0.2) is 0 Å². The number of nitrogens with zero attached hydrogens (tertiary/aromatic N) is 2. The molecule has 2 N–H and O–H groups in total. The highest BCUT2D eigenvalue weighted by Gasteiger charge is 2.13. The van der Waals surface area contributed by atoms with E-state index in [9.17, 15) is 0 Å². The van der Waals surface area contributed by atoms with Crippen molar-refractivity contribution in [2.24, 2.45) is 7.05 Å². The van der Waals surface area contributed by atoms with Gasteiger partial charge in [-0.05, 0) is 50.4 Å². The number of nitrogens with two attached hydrogens (primary N) is 1. The Labute approximate surface area is 129 Å². The minimum absolute atomic E-state index is 0.437. The lowest BCUT2D eigenvalue weighted by Crippen LogP contribution is -2.04. The summed E-state index contributed by atoms with van der Waals surface area (Å²) in [4.78, 5) is 0. The molecular weight excluding hydrogens is 374 g/mol. The van der Waals surface area contributed by atoms with Crippen LogP contribution in [0.4, 0.5) is 5.69 Å². The summed E-state index contributed by atoms with van der Waals surface area (Å²) < 4.78 is 9.54. The lowest BCUT2D eigenvalue weighted by Gasteiger charge is -2.09. The highest BCUT2D eigenvalue weighted by molar-refractivity contribution is 9.10. The van der Waals surface area contributed by atoms with E-state index in [4.69, 9.17) is 10.5 Å². The van der Waals surface area contributed by atoms with Gasteiger partial charge in [0.2, 0.25) is 0 Å². The maximum absolute atomic E-state index is 5.81. The van der Waals surface area contributed by atoms with Gasteiger partial charge in [-0.2, -0.15) is 5.10 Å². The van der Waals surface area contributed by atoms with Crippen LogP contribution in [0, 0.1) is 0 Å². The molecule has 0 aliphatic rings. The van der Waals surface area contributed by atoms with Crippen LogP contribution in [0.5, 0.6) is 5.75 Å². The van der Waals surface area contributed by atoms with Gasteiger partial charge in [-0.3, -0.25) is 4.68 Å². The normalized spacial score (nSPS) is 10.7. The van der Waals surface area contributed by atoms with Crippen LogP contribution in [0.2, 0.25) is 0 Å². The Morgan fingerprint density at radius 1 is 1.37 bits per heavy atom. The van der Waals surface area contributed by atoms with E-state index < -0.39 is 0 Å². The summed E-state index contributed by atoms with van der Waals surface area (Å²) in [5.74, 6) is 0.728. The monoisotopic (exact) mass is 387 g/mol. The highest BCUT2D eigenvalue weighted by Crippen LogP contribution is 2.29.